The SMILES string of the molecule is Clc1cc(Cl)c(NCCC2CCC2)nc1Cl. The first-order valence-corrected chi connectivity index (χ1v) is 6.55. The van der Waals surface area contributed by atoms with Crippen LogP contribution in [-0.4, -0.2) is 11.5 Å². The maximum absolute atomic E-state index is 6.00. The van der Waals surface area contributed by atoms with Crippen molar-refractivity contribution in [3.63, 3.8) is 0 Å². The van der Waals surface area contributed by atoms with Crippen LogP contribution in [0.5, 0.6) is 0 Å². The van der Waals surface area contributed by atoms with E-state index in [0.717, 1.165) is 18.9 Å². The Labute approximate surface area is 110 Å². The van der Waals surface area contributed by atoms with Crippen LogP contribution >= 0.6 is 34.8 Å². The van der Waals surface area contributed by atoms with E-state index in [2.05, 4.69) is 10.3 Å². The van der Waals surface area contributed by atoms with Gasteiger partial charge in [-0.05, 0) is 18.4 Å². The molecule has 1 aromatic heterocycles. The lowest BCUT2D eigenvalue weighted by Gasteiger charge is -2.25. The summed E-state index contributed by atoms with van der Waals surface area (Å²) in [4.78, 5) is 4.10. The molecule has 0 aliphatic heterocycles. The Hall–Kier alpha value is -0.180. The van der Waals surface area contributed by atoms with E-state index in [1.54, 1.807) is 6.07 Å². The summed E-state index contributed by atoms with van der Waals surface area (Å²) in [5.41, 5.74) is 0. The second-order valence-electron chi connectivity index (χ2n) is 4.10. The second-order valence-corrected chi connectivity index (χ2v) is 5.28. The van der Waals surface area contributed by atoms with E-state index in [9.17, 15) is 0 Å². The van der Waals surface area contributed by atoms with Crippen LogP contribution in [0, 0.1) is 5.92 Å². The molecule has 2 nitrogen and oxygen atoms in total. The Morgan fingerprint density at radius 2 is 2.00 bits per heavy atom. The lowest BCUT2D eigenvalue weighted by molar-refractivity contribution is 0.303. The molecule has 1 fully saturated rings. The Bertz CT molecular complexity index is 378. The molecule has 0 amide bonds. The second kappa shape index (κ2) is 5.44. The number of aromatic nitrogens is 1. The van der Waals surface area contributed by atoms with Crippen molar-refractivity contribution in [2.45, 2.75) is 25.7 Å². The summed E-state index contributed by atoms with van der Waals surface area (Å²) in [7, 11) is 0. The summed E-state index contributed by atoms with van der Waals surface area (Å²) in [6.07, 6.45) is 5.24. The van der Waals surface area contributed by atoms with Gasteiger partial charge in [-0.2, -0.15) is 0 Å². The van der Waals surface area contributed by atoms with Crippen LogP contribution in [0.2, 0.25) is 15.2 Å². The number of hydrogen-bond donors (Lipinski definition) is 1. The monoisotopic (exact) mass is 278 g/mol. The zero-order valence-electron chi connectivity index (χ0n) is 8.77. The van der Waals surface area contributed by atoms with Gasteiger partial charge in [0.1, 0.15) is 11.0 Å². The highest BCUT2D eigenvalue weighted by atomic mass is 35.5. The maximum Gasteiger partial charge on any atom is 0.150 e. The molecule has 0 radical (unpaired) electrons. The van der Waals surface area contributed by atoms with Crippen molar-refractivity contribution in [2.75, 3.05) is 11.9 Å². The van der Waals surface area contributed by atoms with E-state index < -0.39 is 0 Å². The van der Waals surface area contributed by atoms with Gasteiger partial charge >= 0.3 is 0 Å². The molecular formula is C11H13Cl3N2. The van der Waals surface area contributed by atoms with Crippen LogP contribution in [0.15, 0.2) is 6.07 Å². The lowest BCUT2D eigenvalue weighted by atomic mass is 9.83. The largest absolute Gasteiger partial charge is 0.369 e. The van der Waals surface area contributed by atoms with Gasteiger partial charge in [0.25, 0.3) is 0 Å². The highest BCUT2D eigenvalue weighted by molar-refractivity contribution is 6.42. The molecule has 1 heterocycles. The van der Waals surface area contributed by atoms with Crippen molar-refractivity contribution >= 4 is 40.6 Å². The Balaban J connectivity index is 1.90. The van der Waals surface area contributed by atoms with Gasteiger partial charge in [0.2, 0.25) is 0 Å². The van der Waals surface area contributed by atoms with E-state index in [0.29, 0.717) is 15.9 Å². The predicted molar refractivity (Wildman–Crippen MR) is 69.7 cm³/mol. The minimum Gasteiger partial charge on any atom is -0.369 e. The van der Waals surface area contributed by atoms with Crippen molar-refractivity contribution in [1.29, 1.82) is 0 Å². The quantitative estimate of drug-likeness (QED) is 0.812. The third-order valence-corrected chi connectivity index (χ3v) is 3.92. The average molecular weight is 280 g/mol. The fourth-order valence-corrected chi connectivity index (χ4v) is 2.31. The number of pyridine rings is 1. The molecule has 1 aliphatic carbocycles. The van der Waals surface area contributed by atoms with Crippen LogP contribution in [-0.2, 0) is 0 Å². The number of halogens is 3. The average Bonchev–Trinajstić information content (AvgIpc) is 2.17. The molecule has 1 aliphatic rings. The Kier molecular flexibility index (Phi) is 4.17. The van der Waals surface area contributed by atoms with E-state index in [1.807, 2.05) is 0 Å². The van der Waals surface area contributed by atoms with Crippen LogP contribution < -0.4 is 5.32 Å². The van der Waals surface area contributed by atoms with Crippen molar-refractivity contribution in [1.82, 2.24) is 4.98 Å². The van der Waals surface area contributed by atoms with Crippen LogP contribution in [0.1, 0.15) is 25.7 Å². The fourth-order valence-electron chi connectivity index (χ4n) is 1.74. The first kappa shape index (κ1) is 12.3. The van der Waals surface area contributed by atoms with E-state index in [1.165, 1.54) is 19.3 Å². The summed E-state index contributed by atoms with van der Waals surface area (Å²) in [6.45, 7) is 0.884. The minimum absolute atomic E-state index is 0.289. The highest BCUT2D eigenvalue weighted by Crippen LogP contribution is 2.31. The van der Waals surface area contributed by atoms with Crippen molar-refractivity contribution in [2.24, 2.45) is 5.92 Å². The molecular weight excluding hydrogens is 266 g/mol. The molecule has 0 spiro atoms. The number of hydrogen-bond acceptors (Lipinski definition) is 2. The number of nitrogens with one attached hydrogen (secondary N) is 1. The van der Waals surface area contributed by atoms with Gasteiger partial charge < -0.3 is 5.32 Å². The standard InChI is InChI=1S/C11H13Cl3N2/c12-8-6-9(13)11(16-10(8)14)15-5-4-7-2-1-3-7/h6-7H,1-5H2,(H,15,16). The van der Waals surface area contributed by atoms with Gasteiger partial charge in [0.05, 0.1) is 10.0 Å². The number of rotatable bonds is 4. The smallest absolute Gasteiger partial charge is 0.150 e. The molecule has 2 rings (SSSR count). The fraction of sp³-hybridized carbons (Fsp3) is 0.545. The third-order valence-electron chi connectivity index (χ3n) is 2.96. The van der Waals surface area contributed by atoms with Gasteiger partial charge in [-0.25, -0.2) is 4.98 Å². The number of anilines is 1. The summed E-state index contributed by atoms with van der Waals surface area (Å²) in [6, 6.07) is 1.62. The zero-order valence-corrected chi connectivity index (χ0v) is 11.0. The van der Waals surface area contributed by atoms with E-state index in [4.69, 9.17) is 34.8 Å². The van der Waals surface area contributed by atoms with Crippen molar-refractivity contribution in [3.05, 3.63) is 21.3 Å². The Morgan fingerprint density at radius 1 is 1.25 bits per heavy atom. The topological polar surface area (TPSA) is 24.9 Å². The minimum atomic E-state index is 0.289. The van der Waals surface area contributed by atoms with Crippen molar-refractivity contribution in [3.8, 4) is 0 Å². The molecule has 1 saturated carbocycles. The first-order valence-electron chi connectivity index (χ1n) is 5.42. The van der Waals surface area contributed by atoms with Crippen LogP contribution in [0.3, 0.4) is 0 Å². The van der Waals surface area contributed by atoms with Gasteiger partial charge in [-0.3, -0.25) is 0 Å². The van der Waals surface area contributed by atoms with Gasteiger partial charge in [-0.1, -0.05) is 54.1 Å². The van der Waals surface area contributed by atoms with E-state index in [-0.39, 0.29) is 5.15 Å². The van der Waals surface area contributed by atoms with Gasteiger partial charge in [0.15, 0.2) is 0 Å². The summed E-state index contributed by atoms with van der Waals surface area (Å²) >= 11 is 17.6. The van der Waals surface area contributed by atoms with E-state index >= 15 is 0 Å². The van der Waals surface area contributed by atoms with Gasteiger partial charge in [0, 0.05) is 6.54 Å². The molecule has 5 heteroatoms. The maximum atomic E-state index is 6.00. The van der Waals surface area contributed by atoms with Crippen molar-refractivity contribution < 1.29 is 0 Å². The third kappa shape index (κ3) is 2.93. The molecule has 0 aromatic carbocycles. The van der Waals surface area contributed by atoms with Gasteiger partial charge in [-0.15, -0.1) is 0 Å². The summed E-state index contributed by atoms with van der Waals surface area (Å²) in [5.74, 6) is 1.49. The van der Waals surface area contributed by atoms with Crippen LogP contribution in [0.4, 0.5) is 5.82 Å². The highest BCUT2D eigenvalue weighted by Gasteiger charge is 2.16. The molecule has 0 bridgehead atoms. The summed E-state index contributed by atoms with van der Waals surface area (Å²) < 4.78 is 0. The summed E-state index contributed by atoms with van der Waals surface area (Å²) in [5, 5.41) is 4.39. The molecule has 0 saturated heterocycles. The molecule has 16 heavy (non-hydrogen) atoms. The zero-order chi connectivity index (χ0) is 11.5. The molecule has 0 unspecified atom stereocenters. The molecule has 88 valence electrons. The number of nitrogens with zero attached hydrogens (tertiary/aromatic N) is 1. The lowest BCUT2D eigenvalue weighted by Crippen LogP contribution is -2.16. The van der Waals surface area contributed by atoms with Crippen LogP contribution in [0.25, 0.3) is 0 Å². The molecule has 0 atom stereocenters. The molecule has 1 aromatic rings. The molecule has 1 N–H and O–H groups in total. The normalized spacial score (nSPS) is 15.9. The Morgan fingerprint density at radius 3 is 2.62 bits per heavy atom. The first-order chi connectivity index (χ1) is 7.66. The predicted octanol–water partition coefficient (Wildman–Crippen LogP) is 4.64.